The molecule has 0 bridgehead atoms. The van der Waals surface area contributed by atoms with Crippen LogP contribution in [-0.2, 0) is 4.57 Å². The van der Waals surface area contributed by atoms with Crippen LogP contribution in [-0.4, -0.2) is 25.2 Å². The van der Waals surface area contributed by atoms with Crippen LogP contribution in [0.4, 0.5) is 11.4 Å². The van der Waals surface area contributed by atoms with E-state index in [1.807, 2.05) is 20.8 Å². The largest absolute Gasteiger partial charge is 0.439 e. The Morgan fingerprint density at radius 3 is 2.35 bits per heavy atom. The summed E-state index contributed by atoms with van der Waals surface area (Å²) in [5, 5.41) is 14.7. The Kier molecular flexibility index (Phi) is 7.98. The molecule has 11 heteroatoms. The standard InChI is InChI=1S/C15H16ClN3O3.H3O3P/c1-15(2,3)18-12-8-11(5-6-13(12)19(20)21)22-14-7-4-10(16)9-17-14;1-4(2)3/h4-9,18H,1-3H3;4H,(H2,1,2,3). The number of nitrogens with zero attached hydrogens (tertiary/aromatic N) is 2. The Morgan fingerprint density at radius 1 is 1.27 bits per heavy atom. The number of hydrogen-bond donors (Lipinski definition) is 3. The second-order valence-electron chi connectivity index (χ2n) is 6.01. The van der Waals surface area contributed by atoms with Crippen molar-refractivity contribution in [2.45, 2.75) is 26.3 Å². The third kappa shape index (κ3) is 8.26. The summed E-state index contributed by atoms with van der Waals surface area (Å²) in [5.74, 6) is 0.812. The fourth-order valence-electron chi connectivity index (χ4n) is 1.79. The van der Waals surface area contributed by atoms with Crippen molar-refractivity contribution in [3.63, 3.8) is 0 Å². The van der Waals surface area contributed by atoms with Crippen LogP contribution < -0.4 is 10.1 Å². The molecule has 9 nitrogen and oxygen atoms in total. The molecule has 142 valence electrons. The van der Waals surface area contributed by atoms with Gasteiger partial charge < -0.3 is 19.8 Å². The van der Waals surface area contributed by atoms with Gasteiger partial charge in [-0.15, -0.1) is 0 Å². The third-order valence-corrected chi connectivity index (χ3v) is 2.82. The molecule has 0 unspecified atom stereocenters. The first-order valence-electron chi connectivity index (χ1n) is 7.26. The van der Waals surface area contributed by atoms with E-state index in [2.05, 4.69) is 10.3 Å². The number of ether oxygens (including phenoxy) is 1. The Bertz CT molecular complexity index is 776. The molecule has 1 aromatic heterocycles. The number of pyridine rings is 1. The molecule has 2 rings (SSSR count). The summed E-state index contributed by atoms with van der Waals surface area (Å²) in [5.41, 5.74) is 0.0670. The summed E-state index contributed by atoms with van der Waals surface area (Å²) in [6.07, 6.45) is 1.47. The highest BCUT2D eigenvalue weighted by molar-refractivity contribution is 7.30. The van der Waals surface area contributed by atoms with Gasteiger partial charge in [-0.3, -0.25) is 14.7 Å². The Labute approximate surface area is 155 Å². The summed E-state index contributed by atoms with van der Waals surface area (Å²) in [7, 11) is -3.13. The van der Waals surface area contributed by atoms with Gasteiger partial charge in [0.05, 0.1) is 9.95 Å². The molecular weight excluding hydrogens is 385 g/mol. The number of hydrogen-bond acceptors (Lipinski definition) is 6. The van der Waals surface area contributed by atoms with Crippen molar-refractivity contribution in [1.29, 1.82) is 0 Å². The van der Waals surface area contributed by atoms with E-state index in [1.54, 1.807) is 18.2 Å². The quantitative estimate of drug-likeness (QED) is 0.396. The first kappa shape index (κ1) is 21.9. The van der Waals surface area contributed by atoms with Crippen LogP contribution in [0.25, 0.3) is 0 Å². The molecule has 0 atom stereocenters. The van der Waals surface area contributed by atoms with E-state index in [4.69, 9.17) is 30.7 Å². The zero-order valence-electron chi connectivity index (χ0n) is 14.3. The van der Waals surface area contributed by atoms with Crippen molar-refractivity contribution in [3.05, 3.63) is 51.7 Å². The predicted molar refractivity (Wildman–Crippen MR) is 99.2 cm³/mol. The number of rotatable bonds is 4. The number of nitro benzene ring substituents is 1. The van der Waals surface area contributed by atoms with E-state index in [9.17, 15) is 10.1 Å². The minimum Gasteiger partial charge on any atom is -0.439 e. The lowest BCUT2D eigenvalue weighted by atomic mass is 10.1. The second kappa shape index (κ2) is 9.49. The molecule has 26 heavy (non-hydrogen) atoms. The van der Waals surface area contributed by atoms with Gasteiger partial charge in [0.2, 0.25) is 5.88 Å². The first-order chi connectivity index (χ1) is 12.0. The van der Waals surface area contributed by atoms with Crippen LogP contribution in [0.1, 0.15) is 20.8 Å². The average molecular weight is 404 g/mol. The summed E-state index contributed by atoms with van der Waals surface area (Å²) >= 11 is 5.77. The molecule has 0 aliphatic heterocycles. The van der Waals surface area contributed by atoms with Crippen molar-refractivity contribution in [1.82, 2.24) is 4.98 Å². The van der Waals surface area contributed by atoms with Gasteiger partial charge in [-0.05, 0) is 32.9 Å². The molecule has 1 aromatic carbocycles. The number of nitro groups is 1. The van der Waals surface area contributed by atoms with Gasteiger partial charge in [0.1, 0.15) is 11.4 Å². The van der Waals surface area contributed by atoms with Gasteiger partial charge in [-0.25, -0.2) is 4.98 Å². The summed E-state index contributed by atoms with van der Waals surface area (Å²) < 4.78 is 14.3. The van der Waals surface area contributed by atoms with Crippen molar-refractivity contribution in [2.24, 2.45) is 0 Å². The lowest BCUT2D eigenvalue weighted by Gasteiger charge is -2.22. The normalized spacial score (nSPS) is 10.7. The van der Waals surface area contributed by atoms with E-state index in [0.29, 0.717) is 22.3 Å². The molecule has 0 aliphatic carbocycles. The molecule has 1 heterocycles. The number of benzene rings is 1. The molecule has 0 spiro atoms. The van der Waals surface area contributed by atoms with Gasteiger partial charge >= 0.3 is 8.25 Å². The maximum absolute atomic E-state index is 11.1. The topological polar surface area (TPSA) is 135 Å². The maximum atomic E-state index is 11.1. The van der Waals surface area contributed by atoms with Crippen LogP contribution in [0.15, 0.2) is 36.5 Å². The molecular formula is C15H19ClN3O6P. The zero-order valence-corrected chi connectivity index (χ0v) is 16.0. The van der Waals surface area contributed by atoms with Crippen molar-refractivity contribution < 1.29 is 24.0 Å². The average Bonchev–Trinajstić information content (AvgIpc) is 2.47. The van der Waals surface area contributed by atoms with Crippen LogP contribution in [0.5, 0.6) is 11.6 Å². The predicted octanol–water partition coefficient (Wildman–Crippen LogP) is 4.01. The van der Waals surface area contributed by atoms with E-state index >= 15 is 0 Å². The van der Waals surface area contributed by atoms with E-state index in [-0.39, 0.29) is 11.2 Å². The molecule has 3 N–H and O–H groups in total. The monoisotopic (exact) mass is 403 g/mol. The SMILES string of the molecule is CC(C)(C)Nc1cc(Oc2ccc(Cl)cn2)ccc1[N+](=O)[O-].O=[PH](O)O. The van der Waals surface area contributed by atoms with E-state index in [0.717, 1.165) is 0 Å². The second-order valence-corrected chi connectivity index (χ2v) is 7.01. The van der Waals surface area contributed by atoms with Crippen LogP contribution >= 0.6 is 19.9 Å². The molecule has 0 saturated heterocycles. The van der Waals surface area contributed by atoms with Gasteiger partial charge in [-0.1, -0.05) is 11.6 Å². The van der Waals surface area contributed by atoms with Gasteiger partial charge in [0.15, 0.2) is 0 Å². The fourth-order valence-corrected chi connectivity index (χ4v) is 1.90. The zero-order chi connectivity index (χ0) is 19.9. The molecule has 0 saturated carbocycles. The number of nitrogens with one attached hydrogen (secondary N) is 1. The Hall–Kier alpha value is -2.19. The number of halogens is 1. The highest BCUT2D eigenvalue weighted by Gasteiger charge is 2.19. The molecule has 0 fully saturated rings. The summed E-state index contributed by atoms with van der Waals surface area (Å²) in [4.78, 5) is 29.0. The molecule has 2 aromatic rings. The minimum atomic E-state index is -3.13. The van der Waals surface area contributed by atoms with E-state index in [1.165, 1.54) is 18.3 Å². The minimum absolute atomic E-state index is 0.00802. The van der Waals surface area contributed by atoms with Crippen molar-refractivity contribution in [2.75, 3.05) is 5.32 Å². The van der Waals surface area contributed by atoms with E-state index < -0.39 is 13.2 Å². The highest BCUT2D eigenvalue weighted by Crippen LogP contribution is 2.32. The highest BCUT2D eigenvalue weighted by atomic mass is 35.5. The summed E-state index contributed by atoms with van der Waals surface area (Å²) in [6, 6.07) is 7.80. The van der Waals surface area contributed by atoms with Gasteiger partial charge in [0.25, 0.3) is 5.69 Å². The lowest BCUT2D eigenvalue weighted by Crippen LogP contribution is -2.26. The van der Waals surface area contributed by atoms with Gasteiger partial charge in [-0.2, -0.15) is 0 Å². The fraction of sp³-hybridized carbons (Fsp3) is 0.267. The maximum Gasteiger partial charge on any atom is 0.314 e. The molecule has 0 amide bonds. The smallest absolute Gasteiger partial charge is 0.314 e. The molecule has 0 radical (unpaired) electrons. The van der Waals surface area contributed by atoms with Crippen LogP contribution in [0.2, 0.25) is 5.02 Å². The Balaban J connectivity index is 0.000000765. The van der Waals surface area contributed by atoms with Crippen molar-refractivity contribution in [3.8, 4) is 11.6 Å². The van der Waals surface area contributed by atoms with Gasteiger partial charge in [0, 0.05) is 29.9 Å². The van der Waals surface area contributed by atoms with Crippen LogP contribution in [0, 0.1) is 10.1 Å². The van der Waals surface area contributed by atoms with Crippen molar-refractivity contribution >= 4 is 31.2 Å². The lowest BCUT2D eigenvalue weighted by molar-refractivity contribution is -0.384. The Morgan fingerprint density at radius 2 is 1.88 bits per heavy atom. The van der Waals surface area contributed by atoms with Crippen LogP contribution in [0.3, 0.4) is 0 Å². The first-order valence-corrected chi connectivity index (χ1v) is 8.94. The summed E-state index contributed by atoms with van der Waals surface area (Å²) in [6.45, 7) is 5.76. The third-order valence-electron chi connectivity index (χ3n) is 2.60. The molecule has 0 aliphatic rings. The number of anilines is 1. The number of aromatic nitrogens is 1.